The minimum absolute atomic E-state index is 0.181. The molecule has 0 spiro atoms. The fraction of sp³-hybridized carbons (Fsp3) is 0.733. The Hall–Kier alpha value is -1.36. The lowest BCUT2D eigenvalue weighted by Gasteiger charge is -2.25. The zero-order chi connectivity index (χ0) is 14.6. The van der Waals surface area contributed by atoms with Crippen molar-refractivity contribution in [1.29, 1.82) is 0 Å². The van der Waals surface area contributed by atoms with Crippen molar-refractivity contribution >= 4 is 11.6 Å². The maximum atomic E-state index is 5.16. The molecule has 0 bridgehead atoms. The SMILES string of the molecule is CNc1cc(NCC(C)(C)CCOC)nc(C2CC2)n1. The van der Waals surface area contributed by atoms with Crippen LogP contribution in [0.5, 0.6) is 0 Å². The number of nitrogens with zero attached hydrogens (tertiary/aromatic N) is 2. The van der Waals surface area contributed by atoms with Crippen LogP contribution in [0.3, 0.4) is 0 Å². The van der Waals surface area contributed by atoms with Crippen molar-refractivity contribution in [2.45, 2.75) is 39.0 Å². The van der Waals surface area contributed by atoms with Gasteiger partial charge in [-0.1, -0.05) is 13.8 Å². The first-order valence-corrected chi connectivity index (χ1v) is 7.33. The van der Waals surface area contributed by atoms with Crippen LogP contribution in [0.25, 0.3) is 0 Å². The largest absolute Gasteiger partial charge is 0.385 e. The smallest absolute Gasteiger partial charge is 0.136 e. The number of hydrogen-bond acceptors (Lipinski definition) is 5. The summed E-state index contributed by atoms with van der Waals surface area (Å²) < 4.78 is 5.16. The molecule has 0 radical (unpaired) electrons. The molecule has 5 nitrogen and oxygen atoms in total. The Morgan fingerprint density at radius 1 is 1.30 bits per heavy atom. The molecule has 20 heavy (non-hydrogen) atoms. The van der Waals surface area contributed by atoms with Gasteiger partial charge in [0.1, 0.15) is 17.5 Å². The molecule has 1 saturated carbocycles. The summed E-state index contributed by atoms with van der Waals surface area (Å²) in [5, 5.41) is 6.56. The van der Waals surface area contributed by atoms with E-state index in [-0.39, 0.29) is 5.41 Å². The van der Waals surface area contributed by atoms with E-state index in [2.05, 4.69) is 34.4 Å². The van der Waals surface area contributed by atoms with E-state index in [1.807, 2.05) is 13.1 Å². The fourth-order valence-electron chi connectivity index (χ4n) is 2.01. The summed E-state index contributed by atoms with van der Waals surface area (Å²) in [6, 6.07) is 1.97. The van der Waals surface area contributed by atoms with E-state index in [4.69, 9.17) is 4.74 Å². The van der Waals surface area contributed by atoms with Crippen LogP contribution in [-0.4, -0.2) is 37.3 Å². The van der Waals surface area contributed by atoms with Gasteiger partial charge >= 0.3 is 0 Å². The van der Waals surface area contributed by atoms with Crippen molar-refractivity contribution in [3.63, 3.8) is 0 Å². The third kappa shape index (κ3) is 4.34. The second-order valence-electron chi connectivity index (χ2n) is 6.28. The molecule has 0 unspecified atom stereocenters. The van der Waals surface area contributed by atoms with Gasteiger partial charge in [0.25, 0.3) is 0 Å². The van der Waals surface area contributed by atoms with Gasteiger partial charge in [-0.3, -0.25) is 0 Å². The van der Waals surface area contributed by atoms with Crippen molar-refractivity contribution in [3.05, 3.63) is 11.9 Å². The first kappa shape index (κ1) is 15.0. The highest BCUT2D eigenvalue weighted by Gasteiger charge is 2.27. The van der Waals surface area contributed by atoms with Crippen LogP contribution in [0.2, 0.25) is 0 Å². The molecule has 1 aromatic rings. The standard InChI is InChI=1S/C15H26N4O/c1-15(2,7-8-20-4)10-17-13-9-12(16-3)18-14(19-13)11-5-6-11/h9,11H,5-8,10H2,1-4H3,(H2,16,17,18,19). The van der Waals surface area contributed by atoms with Crippen molar-refractivity contribution in [2.75, 3.05) is 37.9 Å². The van der Waals surface area contributed by atoms with Gasteiger partial charge in [0.15, 0.2) is 0 Å². The molecule has 0 aliphatic heterocycles. The van der Waals surface area contributed by atoms with E-state index in [1.54, 1.807) is 7.11 Å². The van der Waals surface area contributed by atoms with Crippen molar-refractivity contribution in [2.24, 2.45) is 5.41 Å². The van der Waals surface area contributed by atoms with Crippen LogP contribution in [-0.2, 0) is 4.74 Å². The van der Waals surface area contributed by atoms with Crippen LogP contribution in [0.15, 0.2) is 6.07 Å². The Balaban J connectivity index is 1.99. The monoisotopic (exact) mass is 278 g/mol. The van der Waals surface area contributed by atoms with Crippen molar-refractivity contribution < 1.29 is 4.74 Å². The molecule has 2 rings (SSSR count). The molecule has 1 aromatic heterocycles. The molecule has 1 aliphatic rings. The minimum atomic E-state index is 0.181. The molecule has 0 amide bonds. The van der Waals surface area contributed by atoms with Crippen molar-refractivity contribution in [1.82, 2.24) is 9.97 Å². The number of ether oxygens (including phenoxy) is 1. The van der Waals surface area contributed by atoms with Gasteiger partial charge in [0.05, 0.1) is 0 Å². The molecule has 1 fully saturated rings. The highest BCUT2D eigenvalue weighted by molar-refractivity contribution is 5.48. The zero-order valence-corrected chi connectivity index (χ0v) is 13.0. The molecule has 1 aliphatic carbocycles. The summed E-state index contributed by atoms with van der Waals surface area (Å²) in [4.78, 5) is 9.16. The molecule has 5 heteroatoms. The van der Waals surface area contributed by atoms with E-state index < -0.39 is 0 Å². The van der Waals surface area contributed by atoms with E-state index in [1.165, 1.54) is 12.8 Å². The normalized spacial score (nSPS) is 15.2. The number of methoxy groups -OCH3 is 1. The lowest BCUT2D eigenvalue weighted by molar-refractivity contribution is 0.157. The van der Waals surface area contributed by atoms with Gasteiger partial charge in [-0.15, -0.1) is 0 Å². The fourth-order valence-corrected chi connectivity index (χ4v) is 2.01. The quantitative estimate of drug-likeness (QED) is 0.765. The topological polar surface area (TPSA) is 59.1 Å². The maximum Gasteiger partial charge on any atom is 0.136 e. The van der Waals surface area contributed by atoms with E-state index >= 15 is 0 Å². The van der Waals surface area contributed by atoms with E-state index in [9.17, 15) is 0 Å². The van der Waals surface area contributed by atoms with E-state index in [0.717, 1.165) is 37.0 Å². The summed E-state index contributed by atoms with van der Waals surface area (Å²) >= 11 is 0. The first-order valence-electron chi connectivity index (χ1n) is 7.33. The average Bonchev–Trinajstić information content (AvgIpc) is 3.27. The number of hydrogen-bond donors (Lipinski definition) is 2. The van der Waals surface area contributed by atoms with Gasteiger partial charge in [-0.25, -0.2) is 9.97 Å². The Morgan fingerprint density at radius 2 is 2.00 bits per heavy atom. The van der Waals surface area contributed by atoms with Gasteiger partial charge < -0.3 is 15.4 Å². The van der Waals surface area contributed by atoms with Crippen LogP contribution < -0.4 is 10.6 Å². The Labute approximate surface area is 121 Å². The third-order valence-corrected chi connectivity index (χ3v) is 3.67. The van der Waals surface area contributed by atoms with Crippen LogP contribution in [0, 0.1) is 5.41 Å². The number of rotatable bonds is 8. The lowest BCUT2D eigenvalue weighted by atomic mass is 9.90. The number of nitrogens with one attached hydrogen (secondary N) is 2. The van der Waals surface area contributed by atoms with Crippen LogP contribution in [0.1, 0.15) is 44.9 Å². The third-order valence-electron chi connectivity index (χ3n) is 3.67. The van der Waals surface area contributed by atoms with Gasteiger partial charge in [-0.05, 0) is 24.7 Å². The molecule has 112 valence electrons. The van der Waals surface area contributed by atoms with Gasteiger partial charge in [-0.2, -0.15) is 0 Å². The Kier molecular flexibility index (Phi) is 4.81. The highest BCUT2D eigenvalue weighted by atomic mass is 16.5. The average molecular weight is 278 g/mol. The second kappa shape index (κ2) is 6.39. The predicted molar refractivity (Wildman–Crippen MR) is 82.3 cm³/mol. The second-order valence-corrected chi connectivity index (χ2v) is 6.28. The molecule has 2 N–H and O–H groups in total. The molecule has 0 aromatic carbocycles. The minimum Gasteiger partial charge on any atom is -0.385 e. The van der Waals surface area contributed by atoms with Gasteiger partial charge in [0.2, 0.25) is 0 Å². The van der Waals surface area contributed by atoms with Crippen molar-refractivity contribution in [3.8, 4) is 0 Å². The molecular weight excluding hydrogens is 252 g/mol. The van der Waals surface area contributed by atoms with E-state index in [0.29, 0.717) is 5.92 Å². The highest BCUT2D eigenvalue weighted by Crippen LogP contribution is 2.38. The first-order chi connectivity index (χ1) is 9.54. The summed E-state index contributed by atoms with van der Waals surface area (Å²) in [6.45, 7) is 6.14. The maximum absolute atomic E-state index is 5.16. The lowest BCUT2D eigenvalue weighted by Crippen LogP contribution is -2.25. The number of aromatic nitrogens is 2. The van der Waals surface area contributed by atoms with Gasteiger partial charge in [0, 0.05) is 39.3 Å². The van der Waals surface area contributed by atoms with Crippen LogP contribution >= 0.6 is 0 Å². The predicted octanol–water partition coefficient (Wildman–Crippen LogP) is 2.87. The summed E-state index contributed by atoms with van der Waals surface area (Å²) in [5.41, 5.74) is 0.181. The summed E-state index contributed by atoms with van der Waals surface area (Å²) in [6.07, 6.45) is 3.45. The Morgan fingerprint density at radius 3 is 2.60 bits per heavy atom. The number of anilines is 2. The molecular formula is C15H26N4O. The summed E-state index contributed by atoms with van der Waals surface area (Å²) in [7, 11) is 3.64. The molecule has 0 atom stereocenters. The zero-order valence-electron chi connectivity index (χ0n) is 13.0. The molecule has 0 saturated heterocycles. The van der Waals surface area contributed by atoms with Crippen LogP contribution in [0.4, 0.5) is 11.6 Å². The Bertz CT molecular complexity index is 443. The molecule has 1 heterocycles. The summed E-state index contributed by atoms with van der Waals surface area (Å²) in [5.74, 6) is 3.33.